The lowest BCUT2D eigenvalue weighted by Crippen LogP contribution is -2.45. The van der Waals surface area contributed by atoms with Gasteiger partial charge in [0.1, 0.15) is 13.1 Å². The van der Waals surface area contributed by atoms with E-state index in [1.54, 1.807) is 5.19 Å². The number of benzene rings is 3. The second kappa shape index (κ2) is 7.54. The van der Waals surface area contributed by atoms with Crippen molar-refractivity contribution in [2.75, 3.05) is 0 Å². The molecule has 35 heavy (non-hydrogen) atoms. The Morgan fingerprint density at radius 1 is 0.886 bits per heavy atom. The van der Waals surface area contributed by atoms with Gasteiger partial charge in [0, 0.05) is 16.8 Å². The van der Waals surface area contributed by atoms with Crippen molar-refractivity contribution in [3.63, 3.8) is 0 Å². The van der Waals surface area contributed by atoms with E-state index in [1.807, 2.05) is 0 Å². The third-order valence-corrected chi connectivity index (χ3v) is 14.7. The number of hydrogen-bond donors (Lipinski definition) is 0. The number of pyridine rings is 2. The Morgan fingerprint density at radius 2 is 1.60 bits per heavy atom. The Balaban J connectivity index is 2.03. The minimum absolute atomic E-state index is 0.810. The van der Waals surface area contributed by atoms with E-state index >= 15 is 0 Å². The van der Waals surface area contributed by atoms with Gasteiger partial charge in [-0.25, -0.2) is 4.57 Å². The lowest BCUT2D eigenvalue weighted by molar-refractivity contribution is -0.643. The fourth-order valence-electron chi connectivity index (χ4n) is 6.78. The molecule has 0 unspecified atom stereocenters. The molecule has 0 aliphatic rings. The minimum atomic E-state index is -1.60. The van der Waals surface area contributed by atoms with Crippen LogP contribution >= 0.6 is 0 Å². The first-order chi connectivity index (χ1) is 16.9. The second-order valence-electron chi connectivity index (χ2n) is 10.3. The Labute approximate surface area is 207 Å². The molecule has 3 aromatic carbocycles. The summed E-state index contributed by atoms with van der Waals surface area (Å²) in [4.78, 5) is 0. The number of aromatic nitrogens is 2. The molecule has 0 amide bonds. The van der Waals surface area contributed by atoms with Gasteiger partial charge < -0.3 is 4.40 Å². The lowest BCUT2D eigenvalue weighted by atomic mass is 9.92. The van der Waals surface area contributed by atoms with Crippen molar-refractivity contribution in [2.45, 2.75) is 52.8 Å². The fraction of sp³-hybridized carbons (Fsp3) is 0.290. The fourth-order valence-corrected chi connectivity index (χ4v) is 10.4. The summed E-state index contributed by atoms with van der Waals surface area (Å²) in [7, 11) is 0.562. The maximum Gasteiger partial charge on any atom is 0.224 e. The highest BCUT2D eigenvalue weighted by Gasteiger charge is 2.32. The zero-order valence-electron chi connectivity index (χ0n) is 21.6. The molecule has 0 N–H and O–H groups in total. The largest absolute Gasteiger partial charge is 0.307 e. The van der Waals surface area contributed by atoms with Gasteiger partial charge in [-0.1, -0.05) is 68.4 Å². The van der Waals surface area contributed by atoms with Crippen molar-refractivity contribution < 1.29 is 4.57 Å². The molecular weight excluding hydrogens is 442 g/mol. The van der Waals surface area contributed by atoms with Crippen LogP contribution in [-0.2, 0) is 7.05 Å². The number of nitriles is 1. The van der Waals surface area contributed by atoms with Crippen LogP contribution < -0.4 is 9.75 Å². The number of nitrogens with zero attached hydrogens (tertiary/aromatic N) is 3. The minimum Gasteiger partial charge on any atom is -0.307 e. The van der Waals surface area contributed by atoms with E-state index in [4.69, 9.17) is 0 Å². The Morgan fingerprint density at radius 3 is 2.29 bits per heavy atom. The highest BCUT2D eigenvalue weighted by Crippen LogP contribution is 2.43. The summed E-state index contributed by atoms with van der Waals surface area (Å²) in [6.45, 7) is 11.5. The molecule has 4 heteroatoms. The monoisotopic (exact) mass is 474 g/mol. The molecule has 174 valence electrons. The molecule has 3 heterocycles. The van der Waals surface area contributed by atoms with Crippen molar-refractivity contribution >= 4 is 62.3 Å². The SMILES string of the molecule is CC[Si](CC)(CC)c1cc2cc[n+](C)c3c4c(C)c(C)c(C#N)c5c6ccccc6n(c(c1)c23)c54. The van der Waals surface area contributed by atoms with Crippen molar-refractivity contribution in [2.24, 2.45) is 7.05 Å². The molecule has 0 saturated heterocycles. The van der Waals surface area contributed by atoms with Crippen LogP contribution in [0.15, 0.2) is 48.7 Å². The van der Waals surface area contributed by atoms with Crippen molar-refractivity contribution in [1.29, 1.82) is 5.26 Å². The van der Waals surface area contributed by atoms with Gasteiger partial charge in [0.15, 0.2) is 6.20 Å². The van der Waals surface area contributed by atoms with Crippen molar-refractivity contribution in [1.82, 2.24) is 4.40 Å². The van der Waals surface area contributed by atoms with Crippen LogP contribution in [0.1, 0.15) is 37.5 Å². The van der Waals surface area contributed by atoms with Gasteiger partial charge in [0.25, 0.3) is 0 Å². The van der Waals surface area contributed by atoms with Gasteiger partial charge in [-0.05, 0) is 42.5 Å². The van der Waals surface area contributed by atoms with Crippen LogP contribution in [0.2, 0.25) is 18.1 Å². The average molecular weight is 475 g/mol. The summed E-state index contributed by atoms with van der Waals surface area (Å²) >= 11 is 0. The molecule has 0 spiro atoms. The van der Waals surface area contributed by atoms with Crippen LogP contribution in [-0.4, -0.2) is 12.5 Å². The van der Waals surface area contributed by atoms with E-state index in [0.717, 1.165) is 16.5 Å². The molecule has 0 radical (unpaired) electrons. The molecule has 6 aromatic rings. The van der Waals surface area contributed by atoms with E-state index in [9.17, 15) is 5.26 Å². The van der Waals surface area contributed by atoms with Crippen LogP contribution in [0.5, 0.6) is 0 Å². The van der Waals surface area contributed by atoms with Gasteiger partial charge >= 0.3 is 0 Å². The zero-order valence-corrected chi connectivity index (χ0v) is 22.6. The summed E-state index contributed by atoms with van der Waals surface area (Å²) in [5, 5.41) is 18.0. The molecule has 0 atom stereocenters. The van der Waals surface area contributed by atoms with Gasteiger partial charge in [-0.2, -0.15) is 5.26 Å². The number of para-hydroxylation sites is 1. The first-order valence-corrected chi connectivity index (χ1v) is 15.5. The van der Waals surface area contributed by atoms with Crippen LogP contribution in [0.25, 0.3) is 49.0 Å². The van der Waals surface area contributed by atoms with E-state index in [-0.39, 0.29) is 0 Å². The number of aryl methyl sites for hydroxylation is 2. The van der Waals surface area contributed by atoms with Gasteiger partial charge in [0.05, 0.1) is 41.0 Å². The predicted molar refractivity (Wildman–Crippen MR) is 151 cm³/mol. The normalized spacial score (nSPS) is 12.6. The molecule has 0 fully saturated rings. The molecule has 0 aliphatic carbocycles. The summed E-state index contributed by atoms with van der Waals surface area (Å²) in [5.74, 6) is 0. The second-order valence-corrected chi connectivity index (χ2v) is 15.5. The summed E-state index contributed by atoms with van der Waals surface area (Å²) in [5.41, 5.74) is 8.03. The third kappa shape index (κ3) is 2.62. The van der Waals surface area contributed by atoms with Crippen molar-refractivity contribution in [3.8, 4) is 6.07 Å². The molecule has 0 aliphatic heterocycles. The molecule has 6 rings (SSSR count). The smallest absolute Gasteiger partial charge is 0.224 e. The molecule has 0 saturated carbocycles. The Kier molecular flexibility index (Phi) is 4.75. The van der Waals surface area contributed by atoms with Crippen molar-refractivity contribution in [3.05, 3.63) is 65.4 Å². The highest BCUT2D eigenvalue weighted by atomic mass is 28.3. The van der Waals surface area contributed by atoms with E-state index < -0.39 is 8.07 Å². The summed E-state index contributed by atoms with van der Waals surface area (Å²) in [6, 6.07) is 22.3. The maximum atomic E-state index is 10.3. The summed E-state index contributed by atoms with van der Waals surface area (Å²) in [6.07, 6.45) is 2.22. The van der Waals surface area contributed by atoms with Crippen LogP contribution in [0, 0.1) is 25.2 Å². The standard InChI is InChI=1S/C31H32N3Si/c1-7-35(8-2,9-3)22-16-21-14-15-33(6)30-27-20(5)19(4)24(18-32)29-23-12-10-11-13-25(23)34(31(27)29)26(17-22)28(21)30/h10-17H,7-9H2,1-6H3/q+1. The van der Waals surface area contributed by atoms with Gasteiger partial charge in [0.2, 0.25) is 5.52 Å². The van der Waals surface area contributed by atoms with E-state index in [1.165, 1.54) is 67.3 Å². The van der Waals surface area contributed by atoms with E-state index in [0.29, 0.717) is 0 Å². The molecule has 3 aromatic heterocycles. The Hall–Kier alpha value is -3.42. The number of fused-ring (bicyclic) bond motifs is 5. The van der Waals surface area contributed by atoms with E-state index in [2.05, 4.69) is 105 Å². The Bertz CT molecular complexity index is 1840. The molecule has 3 nitrogen and oxygen atoms in total. The lowest BCUT2D eigenvalue weighted by Gasteiger charge is -2.29. The third-order valence-electron chi connectivity index (χ3n) is 9.12. The van der Waals surface area contributed by atoms with Crippen LogP contribution in [0.3, 0.4) is 0 Å². The predicted octanol–water partition coefficient (Wildman–Crippen LogP) is 7.02. The molecule has 0 bridgehead atoms. The first-order valence-electron chi connectivity index (χ1n) is 12.9. The average Bonchev–Trinajstić information content (AvgIpc) is 3.22. The van der Waals surface area contributed by atoms with Crippen LogP contribution in [0.4, 0.5) is 0 Å². The topological polar surface area (TPSA) is 32.1 Å². The first kappa shape index (κ1) is 22.1. The maximum absolute atomic E-state index is 10.3. The zero-order chi connectivity index (χ0) is 24.6. The summed E-state index contributed by atoms with van der Waals surface area (Å²) < 4.78 is 4.76. The number of hydrogen-bond acceptors (Lipinski definition) is 1. The number of rotatable bonds is 4. The molecular formula is C31H32N3Si+. The highest BCUT2D eigenvalue weighted by molar-refractivity contribution is 6.92. The van der Waals surface area contributed by atoms with Gasteiger partial charge in [-0.15, -0.1) is 0 Å². The quantitative estimate of drug-likeness (QED) is 0.117. The van der Waals surface area contributed by atoms with Gasteiger partial charge in [-0.3, -0.25) is 0 Å².